The maximum atomic E-state index is 12.8. The molecule has 0 saturated carbocycles. The summed E-state index contributed by atoms with van der Waals surface area (Å²) in [6, 6.07) is 13.9. The van der Waals surface area contributed by atoms with E-state index in [0.29, 0.717) is 19.6 Å². The molecule has 0 heterocycles. The van der Waals surface area contributed by atoms with Crippen LogP contribution in [0, 0.1) is 5.82 Å². The zero-order valence-corrected chi connectivity index (χ0v) is 13.4. The zero-order chi connectivity index (χ0) is 16.7. The molecule has 122 valence electrons. The van der Waals surface area contributed by atoms with Gasteiger partial charge in [0.1, 0.15) is 11.6 Å². The average Bonchev–Trinajstić information content (AvgIpc) is 2.54. The summed E-state index contributed by atoms with van der Waals surface area (Å²) in [5, 5.41) is 2.83. The van der Waals surface area contributed by atoms with Crippen molar-refractivity contribution in [1.82, 2.24) is 10.2 Å². The lowest BCUT2D eigenvalue weighted by atomic mass is 10.2. The number of nitrogens with zero attached hydrogens (tertiary/aromatic N) is 1. The van der Waals surface area contributed by atoms with Crippen LogP contribution in [0.1, 0.15) is 11.1 Å². The molecule has 0 aliphatic carbocycles. The summed E-state index contributed by atoms with van der Waals surface area (Å²) in [5.41, 5.74) is 1.95. The van der Waals surface area contributed by atoms with Crippen LogP contribution in [-0.4, -0.2) is 31.5 Å². The van der Waals surface area contributed by atoms with Gasteiger partial charge in [0.25, 0.3) is 0 Å². The Bertz CT molecular complexity index is 644. The molecule has 4 nitrogen and oxygen atoms in total. The van der Waals surface area contributed by atoms with Crippen LogP contribution in [0.2, 0.25) is 0 Å². The van der Waals surface area contributed by atoms with Crippen LogP contribution in [-0.2, 0) is 17.9 Å². The Balaban J connectivity index is 1.78. The first kappa shape index (κ1) is 17.0. The number of hydrogen-bond donors (Lipinski definition) is 1. The molecule has 0 aliphatic rings. The summed E-state index contributed by atoms with van der Waals surface area (Å²) in [6.45, 7) is 1.34. The van der Waals surface area contributed by atoms with Crippen LogP contribution in [0.4, 0.5) is 4.39 Å². The summed E-state index contributed by atoms with van der Waals surface area (Å²) in [7, 11) is 3.52. The van der Waals surface area contributed by atoms with Crippen molar-refractivity contribution in [1.29, 1.82) is 0 Å². The Hall–Kier alpha value is -2.40. The first-order valence-electron chi connectivity index (χ1n) is 7.39. The number of amides is 1. The van der Waals surface area contributed by atoms with Gasteiger partial charge < -0.3 is 10.1 Å². The van der Waals surface area contributed by atoms with Crippen molar-refractivity contribution in [2.24, 2.45) is 0 Å². The minimum absolute atomic E-state index is 0.0697. The molecule has 2 rings (SSSR count). The van der Waals surface area contributed by atoms with Crippen molar-refractivity contribution in [3.8, 4) is 5.75 Å². The predicted octanol–water partition coefficient (Wildman–Crippen LogP) is 2.58. The monoisotopic (exact) mass is 316 g/mol. The van der Waals surface area contributed by atoms with Gasteiger partial charge in [-0.3, -0.25) is 9.69 Å². The molecule has 0 saturated heterocycles. The second-order valence-corrected chi connectivity index (χ2v) is 5.43. The van der Waals surface area contributed by atoms with Crippen molar-refractivity contribution >= 4 is 5.91 Å². The molecule has 1 amide bonds. The van der Waals surface area contributed by atoms with Crippen LogP contribution >= 0.6 is 0 Å². The molecule has 5 heteroatoms. The highest BCUT2D eigenvalue weighted by molar-refractivity contribution is 5.77. The molecule has 0 aliphatic heterocycles. The first-order valence-corrected chi connectivity index (χ1v) is 7.39. The van der Waals surface area contributed by atoms with E-state index in [2.05, 4.69) is 5.32 Å². The highest BCUT2D eigenvalue weighted by atomic mass is 19.1. The highest BCUT2D eigenvalue weighted by Crippen LogP contribution is 2.13. The van der Waals surface area contributed by atoms with E-state index in [9.17, 15) is 9.18 Å². The van der Waals surface area contributed by atoms with E-state index in [1.807, 2.05) is 36.2 Å². The largest absolute Gasteiger partial charge is 0.497 e. The van der Waals surface area contributed by atoms with Crippen molar-refractivity contribution in [3.63, 3.8) is 0 Å². The third-order valence-electron chi connectivity index (χ3n) is 3.40. The predicted molar refractivity (Wildman–Crippen MR) is 87.6 cm³/mol. The number of carbonyl (C=O) groups excluding carboxylic acids is 1. The second kappa shape index (κ2) is 8.29. The van der Waals surface area contributed by atoms with E-state index >= 15 is 0 Å². The number of rotatable bonds is 7. The molecule has 0 aromatic heterocycles. The smallest absolute Gasteiger partial charge is 0.234 e. The minimum Gasteiger partial charge on any atom is -0.497 e. The quantitative estimate of drug-likeness (QED) is 0.854. The summed E-state index contributed by atoms with van der Waals surface area (Å²) in [5.74, 6) is 0.453. The van der Waals surface area contributed by atoms with Crippen LogP contribution in [0.5, 0.6) is 5.75 Å². The van der Waals surface area contributed by atoms with E-state index < -0.39 is 0 Å². The van der Waals surface area contributed by atoms with Gasteiger partial charge in [0.15, 0.2) is 0 Å². The van der Waals surface area contributed by atoms with Crippen LogP contribution < -0.4 is 10.1 Å². The maximum absolute atomic E-state index is 12.8. The van der Waals surface area contributed by atoms with E-state index in [1.54, 1.807) is 19.2 Å². The normalized spacial score (nSPS) is 10.6. The third kappa shape index (κ3) is 5.71. The zero-order valence-electron chi connectivity index (χ0n) is 13.4. The molecule has 0 bridgehead atoms. The number of likely N-dealkylation sites (N-methyl/N-ethyl adjacent to an activating group) is 1. The average molecular weight is 316 g/mol. The Morgan fingerprint density at radius 2 is 1.91 bits per heavy atom. The molecular formula is C18H21FN2O2. The molecule has 0 fully saturated rings. The Morgan fingerprint density at radius 1 is 1.17 bits per heavy atom. The van der Waals surface area contributed by atoms with Crippen molar-refractivity contribution in [2.45, 2.75) is 13.1 Å². The van der Waals surface area contributed by atoms with Gasteiger partial charge in [-0.05, 0) is 42.4 Å². The maximum Gasteiger partial charge on any atom is 0.234 e. The lowest BCUT2D eigenvalue weighted by molar-refractivity contribution is -0.122. The molecule has 2 aromatic carbocycles. The molecule has 0 radical (unpaired) electrons. The van der Waals surface area contributed by atoms with Gasteiger partial charge in [0.05, 0.1) is 13.7 Å². The number of carbonyl (C=O) groups is 1. The van der Waals surface area contributed by atoms with Gasteiger partial charge in [0.2, 0.25) is 5.91 Å². The topological polar surface area (TPSA) is 41.6 Å². The van der Waals surface area contributed by atoms with Crippen molar-refractivity contribution < 1.29 is 13.9 Å². The fraction of sp³-hybridized carbons (Fsp3) is 0.278. The van der Waals surface area contributed by atoms with Crippen molar-refractivity contribution in [2.75, 3.05) is 20.7 Å². The Labute approximate surface area is 135 Å². The molecule has 0 spiro atoms. The van der Waals surface area contributed by atoms with Gasteiger partial charge >= 0.3 is 0 Å². The number of methoxy groups -OCH3 is 1. The van der Waals surface area contributed by atoms with Crippen LogP contribution in [0.15, 0.2) is 48.5 Å². The Morgan fingerprint density at radius 3 is 2.61 bits per heavy atom. The van der Waals surface area contributed by atoms with E-state index in [4.69, 9.17) is 4.74 Å². The van der Waals surface area contributed by atoms with Gasteiger partial charge in [-0.15, -0.1) is 0 Å². The molecule has 2 aromatic rings. The summed E-state index contributed by atoms with van der Waals surface area (Å²) < 4.78 is 18.0. The van der Waals surface area contributed by atoms with Gasteiger partial charge in [-0.2, -0.15) is 0 Å². The number of benzene rings is 2. The van der Waals surface area contributed by atoms with Gasteiger partial charge in [-0.1, -0.05) is 24.3 Å². The number of nitrogens with one attached hydrogen (secondary N) is 1. The molecule has 0 unspecified atom stereocenters. The SMILES string of the molecule is COc1cccc(CN(C)CC(=O)NCc2ccc(F)cc2)c1. The fourth-order valence-corrected chi connectivity index (χ4v) is 2.24. The Kier molecular flexibility index (Phi) is 6.11. The summed E-state index contributed by atoms with van der Waals surface area (Å²) in [6.07, 6.45) is 0. The summed E-state index contributed by atoms with van der Waals surface area (Å²) in [4.78, 5) is 13.9. The lowest BCUT2D eigenvalue weighted by Crippen LogP contribution is -2.34. The van der Waals surface area contributed by atoms with E-state index in [1.165, 1.54) is 12.1 Å². The third-order valence-corrected chi connectivity index (χ3v) is 3.40. The number of halogens is 1. The van der Waals surface area contributed by atoms with Crippen LogP contribution in [0.3, 0.4) is 0 Å². The van der Waals surface area contributed by atoms with Crippen molar-refractivity contribution in [3.05, 3.63) is 65.5 Å². The number of hydrogen-bond acceptors (Lipinski definition) is 3. The highest BCUT2D eigenvalue weighted by Gasteiger charge is 2.07. The van der Waals surface area contributed by atoms with Gasteiger partial charge in [-0.25, -0.2) is 4.39 Å². The van der Waals surface area contributed by atoms with Gasteiger partial charge in [0, 0.05) is 13.1 Å². The minimum atomic E-state index is -0.280. The first-order chi connectivity index (χ1) is 11.1. The molecule has 1 N–H and O–H groups in total. The van der Waals surface area contributed by atoms with E-state index in [0.717, 1.165) is 16.9 Å². The molecule has 0 atom stereocenters. The van der Waals surface area contributed by atoms with E-state index in [-0.39, 0.29) is 11.7 Å². The fourth-order valence-electron chi connectivity index (χ4n) is 2.24. The van der Waals surface area contributed by atoms with Crippen LogP contribution in [0.25, 0.3) is 0 Å². The standard InChI is InChI=1S/C18H21FN2O2/c1-21(12-15-4-3-5-17(10-15)23-2)13-18(22)20-11-14-6-8-16(19)9-7-14/h3-10H,11-13H2,1-2H3,(H,20,22). The number of ether oxygens (including phenoxy) is 1. The molecular weight excluding hydrogens is 295 g/mol. The lowest BCUT2D eigenvalue weighted by Gasteiger charge is -2.16. The molecule has 23 heavy (non-hydrogen) atoms. The summed E-state index contributed by atoms with van der Waals surface area (Å²) >= 11 is 0. The second-order valence-electron chi connectivity index (χ2n) is 5.43.